The molecule has 2 N–H and O–H groups in total. The molecule has 0 radical (unpaired) electrons. The lowest BCUT2D eigenvalue weighted by atomic mass is 9.93. The highest BCUT2D eigenvalue weighted by molar-refractivity contribution is 5.85. The first-order valence-electron chi connectivity index (χ1n) is 9.06. The van der Waals surface area contributed by atoms with Crippen molar-refractivity contribution in [1.29, 1.82) is 0 Å². The molecule has 2 atom stereocenters. The third kappa shape index (κ3) is 5.44. The van der Waals surface area contributed by atoms with Gasteiger partial charge in [0.15, 0.2) is 0 Å². The van der Waals surface area contributed by atoms with Crippen molar-refractivity contribution in [3.8, 4) is 5.75 Å². The average molecular weight is 393 g/mol. The number of amides is 1. The molecule has 2 aromatic rings. The van der Waals surface area contributed by atoms with E-state index in [1.165, 1.54) is 12.1 Å². The zero-order valence-electron chi connectivity index (χ0n) is 15.4. The number of carbonyl (C=O) groups is 1. The molecule has 0 spiro atoms. The molecule has 2 aromatic carbocycles. The number of benzene rings is 2. The van der Waals surface area contributed by atoms with Gasteiger partial charge in [-0.3, -0.25) is 4.79 Å². The fourth-order valence-electron chi connectivity index (χ4n) is 3.31. The summed E-state index contributed by atoms with van der Waals surface area (Å²) in [6.45, 7) is 3.19. The van der Waals surface area contributed by atoms with E-state index in [0.717, 1.165) is 18.4 Å². The number of hydrogen-bond donors (Lipinski definition) is 1. The summed E-state index contributed by atoms with van der Waals surface area (Å²) in [6.07, 6.45) is 1.56. The molecule has 1 heterocycles. The molecule has 146 valence electrons. The van der Waals surface area contributed by atoms with E-state index >= 15 is 0 Å². The van der Waals surface area contributed by atoms with Crippen molar-refractivity contribution in [3.05, 3.63) is 66.0 Å². The van der Waals surface area contributed by atoms with Crippen LogP contribution in [0.5, 0.6) is 5.75 Å². The summed E-state index contributed by atoms with van der Waals surface area (Å²) in [4.78, 5) is 14.7. The van der Waals surface area contributed by atoms with Gasteiger partial charge in [-0.15, -0.1) is 12.4 Å². The molecule has 2 unspecified atom stereocenters. The zero-order chi connectivity index (χ0) is 18.5. The van der Waals surface area contributed by atoms with Gasteiger partial charge in [-0.25, -0.2) is 4.39 Å². The third-order valence-electron chi connectivity index (χ3n) is 4.98. The van der Waals surface area contributed by atoms with Crippen LogP contribution in [0.3, 0.4) is 0 Å². The topological polar surface area (TPSA) is 55.6 Å². The van der Waals surface area contributed by atoms with Crippen LogP contribution >= 0.6 is 12.4 Å². The number of rotatable bonds is 5. The Hall–Kier alpha value is -2.11. The van der Waals surface area contributed by atoms with Crippen LogP contribution in [0.15, 0.2) is 54.6 Å². The van der Waals surface area contributed by atoms with Gasteiger partial charge < -0.3 is 15.4 Å². The second-order valence-corrected chi connectivity index (χ2v) is 6.82. The van der Waals surface area contributed by atoms with E-state index in [-0.39, 0.29) is 42.2 Å². The maximum absolute atomic E-state index is 13.0. The molecular weight excluding hydrogens is 367 g/mol. The van der Waals surface area contributed by atoms with E-state index in [4.69, 9.17) is 10.5 Å². The number of nitrogens with two attached hydrogens (primary N) is 1. The average Bonchev–Trinajstić information content (AvgIpc) is 2.69. The van der Waals surface area contributed by atoms with Gasteiger partial charge in [-0.1, -0.05) is 37.3 Å². The van der Waals surface area contributed by atoms with E-state index < -0.39 is 0 Å². The van der Waals surface area contributed by atoms with Crippen LogP contribution in [0.4, 0.5) is 4.39 Å². The van der Waals surface area contributed by atoms with Crippen molar-refractivity contribution in [2.45, 2.75) is 31.9 Å². The summed E-state index contributed by atoms with van der Waals surface area (Å²) >= 11 is 0. The normalized spacial score (nSPS) is 16.9. The van der Waals surface area contributed by atoms with E-state index in [9.17, 15) is 9.18 Å². The summed E-state index contributed by atoms with van der Waals surface area (Å²) in [5.74, 6) is 0.200. The van der Waals surface area contributed by atoms with Crippen molar-refractivity contribution in [2.24, 2.45) is 11.7 Å². The van der Waals surface area contributed by atoms with Crippen LogP contribution < -0.4 is 10.5 Å². The summed E-state index contributed by atoms with van der Waals surface area (Å²) < 4.78 is 18.8. The Balaban J connectivity index is 0.00000261. The van der Waals surface area contributed by atoms with Gasteiger partial charge in [-0.05, 0) is 29.8 Å². The van der Waals surface area contributed by atoms with Crippen LogP contribution in [0, 0.1) is 11.7 Å². The molecule has 1 aliphatic rings. The minimum Gasteiger partial charge on any atom is -0.490 e. The van der Waals surface area contributed by atoms with Crippen LogP contribution in [-0.4, -0.2) is 30.0 Å². The summed E-state index contributed by atoms with van der Waals surface area (Å²) in [6, 6.07) is 15.5. The van der Waals surface area contributed by atoms with E-state index in [1.54, 1.807) is 12.1 Å². The number of carbonyl (C=O) groups excluding carboxylic acids is 1. The van der Waals surface area contributed by atoms with Crippen LogP contribution in [0.25, 0.3) is 0 Å². The zero-order valence-corrected chi connectivity index (χ0v) is 16.2. The van der Waals surface area contributed by atoms with Crippen molar-refractivity contribution < 1.29 is 13.9 Å². The highest BCUT2D eigenvalue weighted by Gasteiger charge is 2.30. The Bertz CT molecular complexity index is 719. The Labute approximate surface area is 165 Å². The SMILES string of the molecule is CC(C(=O)N1CCC(Oc2ccc(F)cc2)CC1)C(N)c1ccccc1.Cl. The largest absolute Gasteiger partial charge is 0.490 e. The molecule has 0 aromatic heterocycles. The molecule has 4 nitrogen and oxygen atoms in total. The second-order valence-electron chi connectivity index (χ2n) is 6.82. The van der Waals surface area contributed by atoms with Gasteiger partial charge >= 0.3 is 0 Å². The van der Waals surface area contributed by atoms with Gasteiger partial charge in [0.1, 0.15) is 17.7 Å². The highest BCUT2D eigenvalue weighted by Crippen LogP contribution is 2.24. The first-order chi connectivity index (χ1) is 12.5. The maximum atomic E-state index is 13.0. The monoisotopic (exact) mass is 392 g/mol. The third-order valence-corrected chi connectivity index (χ3v) is 4.98. The van der Waals surface area contributed by atoms with Crippen molar-refractivity contribution in [3.63, 3.8) is 0 Å². The van der Waals surface area contributed by atoms with Gasteiger partial charge in [0.05, 0.1) is 5.92 Å². The fraction of sp³-hybridized carbons (Fsp3) is 0.381. The number of halogens is 2. The molecule has 6 heteroatoms. The number of piperidine rings is 1. The highest BCUT2D eigenvalue weighted by atomic mass is 35.5. The molecule has 0 saturated carbocycles. The molecule has 1 aliphatic heterocycles. The van der Waals surface area contributed by atoms with Crippen LogP contribution in [-0.2, 0) is 4.79 Å². The Kier molecular flexibility index (Phi) is 7.63. The van der Waals surface area contributed by atoms with Gasteiger partial charge in [0.25, 0.3) is 0 Å². The minimum absolute atomic E-state index is 0. The first kappa shape index (κ1) is 21.2. The quantitative estimate of drug-likeness (QED) is 0.838. The van der Waals surface area contributed by atoms with Crippen LogP contribution in [0.2, 0.25) is 0 Å². The Morgan fingerprint density at radius 1 is 1.11 bits per heavy atom. The lowest BCUT2D eigenvalue weighted by Gasteiger charge is -2.34. The predicted molar refractivity (Wildman–Crippen MR) is 106 cm³/mol. The Morgan fingerprint density at radius 3 is 2.30 bits per heavy atom. The molecule has 0 bridgehead atoms. The number of likely N-dealkylation sites (tertiary alicyclic amines) is 1. The molecule has 1 saturated heterocycles. The summed E-state index contributed by atoms with van der Waals surface area (Å²) in [7, 11) is 0. The first-order valence-corrected chi connectivity index (χ1v) is 9.06. The number of hydrogen-bond acceptors (Lipinski definition) is 3. The standard InChI is InChI=1S/C21H25FN2O2.ClH/c1-15(20(23)16-5-3-2-4-6-16)21(25)24-13-11-19(12-14-24)26-18-9-7-17(22)8-10-18;/h2-10,15,19-20H,11-14,23H2,1H3;1H. The van der Waals surface area contributed by atoms with E-state index in [1.807, 2.05) is 42.2 Å². The van der Waals surface area contributed by atoms with Gasteiger partial charge in [0, 0.05) is 32.0 Å². The molecule has 0 aliphatic carbocycles. The summed E-state index contributed by atoms with van der Waals surface area (Å²) in [5.41, 5.74) is 7.26. The molecule has 1 amide bonds. The fourth-order valence-corrected chi connectivity index (χ4v) is 3.31. The van der Waals surface area contributed by atoms with E-state index in [0.29, 0.717) is 18.8 Å². The second kappa shape index (κ2) is 9.72. The molecule has 1 fully saturated rings. The summed E-state index contributed by atoms with van der Waals surface area (Å²) in [5, 5.41) is 0. The molecule has 3 rings (SSSR count). The lowest BCUT2D eigenvalue weighted by Crippen LogP contribution is -2.45. The van der Waals surface area contributed by atoms with Crippen LogP contribution in [0.1, 0.15) is 31.4 Å². The van der Waals surface area contributed by atoms with Crippen molar-refractivity contribution in [1.82, 2.24) is 4.90 Å². The molecule has 27 heavy (non-hydrogen) atoms. The van der Waals surface area contributed by atoms with E-state index in [2.05, 4.69) is 0 Å². The maximum Gasteiger partial charge on any atom is 0.227 e. The number of ether oxygens (including phenoxy) is 1. The predicted octanol–water partition coefficient (Wildman–Crippen LogP) is 3.95. The smallest absolute Gasteiger partial charge is 0.227 e. The minimum atomic E-state index is -0.308. The lowest BCUT2D eigenvalue weighted by molar-refractivity contribution is -0.137. The molecular formula is C21H26ClFN2O2. The van der Waals surface area contributed by atoms with Crippen molar-refractivity contribution >= 4 is 18.3 Å². The van der Waals surface area contributed by atoms with Crippen molar-refractivity contribution in [2.75, 3.05) is 13.1 Å². The number of nitrogens with zero attached hydrogens (tertiary/aromatic N) is 1. The Morgan fingerprint density at radius 2 is 1.70 bits per heavy atom. The van der Waals surface area contributed by atoms with Gasteiger partial charge in [0.2, 0.25) is 5.91 Å². The van der Waals surface area contributed by atoms with Gasteiger partial charge in [-0.2, -0.15) is 0 Å².